The zero-order valence-electron chi connectivity index (χ0n) is 11.5. The normalized spacial score (nSPS) is 11.8. The average Bonchev–Trinajstić information content (AvgIpc) is 2.73. The third-order valence-corrected chi connectivity index (χ3v) is 4.78. The lowest BCUT2D eigenvalue weighted by Gasteiger charge is -2.05. The van der Waals surface area contributed by atoms with Crippen LogP contribution >= 0.6 is 11.3 Å². The lowest BCUT2D eigenvalue weighted by molar-refractivity contribution is 0.595. The zero-order valence-corrected chi connectivity index (χ0v) is 13.1. The number of halogens is 1. The Balaban J connectivity index is 2.22. The summed E-state index contributed by atoms with van der Waals surface area (Å²) in [4.78, 5) is -0.249. The van der Waals surface area contributed by atoms with Gasteiger partial charge in [0, 0.05) is 12.1 Å². The fourth-order valence-electron chi connectivity index (χ4n) is 1.64. The van der Waals surface area contributed by atoms with Crippen LogP contribution in [-0.4, -0.2) is 18.6 Å². The Hall–Kier alpha value is -1.74. The standard InChI is InChI=1S/C12H15FN4O2S2/c1-7(2)3-11-15-16-12(20-11)17-21(18,19)10-5-8(13)4-9(14)6-10/h4-7H,3,14H2,1-2H3,(H,16,17). The molecule has 0 atom stereocenters. The highest BCUT2D eigenvalue weighted by molar-refractivity contribution is 7.93. The first-order valence-electron chi connectivity index (χ1n) is 6.17. The van der Waals surface area contributed by atoms with Crippen LogP contribution < -0.4 is 10.5 Å². The van der Waals surface area contributed by atoms with Crippen molar-refractivity contribution in [3.8, 4) is 0 Å². The maximum absolute atomic E-state index is 13.2. The van der Waals surface area contributed by atoms with Gasteiger partial charge >= 0.3 is 0 Å². The Labute approximate surface area is 126 Å². The van der Waals surface area contributed by atoms with Gasteiger partial charge in [-0.05, 0) is 24.1 Å². The van der Waals surface area contributed by atoms with Crippen molar-refractivity contribution in [2.45, 2.75) is 25.2 Å². The van der Waals surface area contributed by atoms with Gasteiger partial charge in [0.1, 0.15) is 10.8 Å². The van der Waals surface area contributed by atoms with Crippen molar-refractivity contribution in [3.05, 3.63) is 29.0 Å². The fourth-order valence-corrected chi connectivity index (χ4v) is 3.89. The Kier molecular flexibility index (Phi) is 4.43. The lowest BCUT2D eigenvalue weighted by atomic mass is 10.1. The quantitative estimate of drug-likeness (QED) is 0.819. The summed E-state index contributed by atoms with van der Waals surface area (Å²) in [6, 6.07) is 3.13. The van der Waals surface area contributed by atoms with E-state index >= 15 is 0 Å². The highest BCUT2D eigenvalue weighted by atomic mass is 32.2. The number of nitrogen functional groups attached to an aromatic ring is 1. The van der Waals surface area contributed by atoms with Gasteiger partial charge in [0.15, 0.2) is 0 Å². The van der Waals surface area contributed by atoms with E-state index in [0.29, 0.717) is 12.3 Å². The summed E-state index contributed by atoms with van der Waals surface area (Å²) in [5, 5.41) is 8.57. The van der Waals surface area contributed by atoms with Crippen LogP contribution in [0.5, 0.6) is 0 Å². The number of rotatable bonds is 5. The molecule has 1 heterocycles. The molecule has 1 aromatic heterocycles. The van der Waals surface area contributed by atoms with E-state index in [-0.39, 0.29) is 15.7 Å². The van der Waals surface area contributed by atoms with Crippen LogP contribution in [0.25, 0.3) is 0 Å². The molecule has 0 saturated heterocycles. The summed E-state index contributed by atoms with van der Waals surface area (Å²) in [7, 11) is -3.94. The smallest absolute Gasteiger partial charge is 0.263 e. The molecule has 0 aliphatic rings. The predicted octanol–water partition coefficient (Wildman–Crippen LogP) is 2.26. The molecule has 0 radical (unpaired) electrons. The van der Waals surface area contributed by atoms with Gasteiger partial charge in [0.25, 0.3) is 10.0 Å². The minimum atomic E-state index is -3.94. The molecule has 0 amide bonds. The molecule has 0 aliphatic carbocycles. The topological polar surface area (TPSA) is 98.0 Å². The molecular weight excluding hydrogens is 315 g/mol. The van der Waals surface area contributed by atoms with Crippen molar-refractivity contribution in [3.63, 3.8) is 0 Å². The zero-order chi connectivity index (χ0) is 15.6. The van der Waals surface area contributed by atoms with E-state index in [9.17, 15) is 12.8 Å². The van der Waals surface area contributed by atoms with Crippen molar-refractivity contribution in [1.29, 1.82) is 0 Å². The van der Waals surface area contributed by atoms with E-state index in [4.69, 9.17) is 5.73 Å². The Bertz CT molecular complexity index is 723. The summed E-state index contributed by atoms with van der Waals surface area (Å²) in [6.07, 6.45) is 0.715. The van der Waals surface area contributed by atoms with Crippen LogP contribution in [0.2, 0.25) is 0 Å². The third kappa shape index (κ3) is 4.11. The molecule has 0 saturated carbocycles. The first kappa shape index (κ1) is 15.6. The van der Waals surface area contributed by atoms with Gasteiger partial charge < -0.3 is 5.73 Å². The van der Waals surface area contributed by atoms with Crippen LogP contribution in [0.1, 0.15) is 18.9 Å². The second kappa shape index (κ2) is 5.94. The Morgan fingerprint density at radius 2 is 2.05 bits per heavy atom. The van der Waals surface area contributed by atoms with Crippen LogP contribution in [0.4, 0.5) is 15.2 Å². The predicted molar refractivity (Wildman–Crippen MR) is 80.1 cm³/mol. The largest absolute Gasteiger partial charge is 0.399 e. The second-order valence-corrected chi connectivity index (χ2v) is 7.67. The molecule has 0 unspecified atom stereocenters. The number of hydrogen-bond acceptors (Lipinski definition) is 6. The van der Waals surface area contributed by atoms with Gasteiger partial charge in [0.2, 0.25) is 5.13 Å². The van der Waals surface area contributed by atoms with E-state index in [1.165, 1.54) is 6.07 Å². The minimum Gasteiger partial charge on any atom is -0.399 e. The molecule has 3 N–H and O–H groups in total. The van der Waals surface area contributed by atoms with Gasteiger partial charge in [-0.25, -0.2) is 12.8 Å². The highest BCUT2D eigenvalue weighted by Gasteiger charge is 2.18. The number of nitrogens with one attached hydrogen (secondary N) is 1. The molecular formula is C12H15FN4O2S2. The Morgan fingerprint density at radius 3 is 2.67 bits per heavy atom. The van der Waals surface area contributed by atoms with Crippen molar-refractivity contribution in [2.75, 3.05) is 10.5 Å². The lowest BCUT2D eigenvalue weighted by Crippen LogP contribution is -2.13. The number of nitrogens with two attached hydrogens (primary N) is 1. The van der Waals surface area contributed by atoms with Gasteiger partial charge in [-0.1, -0.05) is 25.2 Å². The van der Waals surface area contributed by atoms with E-state index in [0.717, 1.165) is 28.5 Å². The minimum absolute atomic E-state index is 0.0353. The SMILES string of the molecule is CC(C)Cc1nnc(NS(=O)(=O)c2cc(N)cc(F)c2)s1. The van der Waals surface area contributed by atoms with Crippen LogP contribution in [0.3, 0.4) is 0 Å². The van der Waals surface area contributed by atoms with Crippen molar-refractivity contribution < 1.29 is 12.8 Å². The molecule has 2 rings (SSSR count). The molecule has 114 valence electrons. The molecule has 0 aliphatic heterocycles. The molecule has 0 fully saturated rings. The molecule has 0 bridgehead atoms. The van der Waals surface area contributed by atoms with Crippen molar-refractivity contribution >= 4 is 32.2 Å². The highest BCUT2D eigenvalue weighted by Crippen LogP contribution is 2.23. The molecule has 9 heteroatoms. The fraction of sp³-hybridized carbons (Fsp3) is 0.333. The van der Waals surface area contributed by atoms with Gasteiger partial charge in [0.05, 0.1) is 4.90 Å². The van der Waals surface area contributed by atoms with E-state index in [1.54, 1.807) is 0 Å². The van der Waals surface area contributed by atoms with Crippen LogP contribution in [-0.2, 0) is 16.4 Å². The van der Waals surface area contributed by atoms with Gasteiger partial charge in [-0.15, -0.1) is 10.2 Å². The van der Waals surface area contributed by atoms with Crippen molar-refractivity contribution in [2.24, 2.45) is 5.92 Å². The summed E-state index contributed by atoms with van der Waals surface area (Å²) in [6.45, 7) is 4.06. The summed E-state index contributed by atoms with van der Waals surface area (Å²) >= 11 is 1.15. The maximum Gasteiger partial charge on any atom is 0.263 e. The van der Waals surface area contributed by atoms with Gasteiger partial charge in [-0.3, -0.25) is 4.72 Å². The Morgan fingerprint density at radius 1 is 1.33 bits per heavy atom. The van der Waals surface area contributed by atoms with Crippen LogP contribution in [0.15, 0.2) is 23.1 Å². The molecule has 21 heavy (non-hydrogen) atoms. The number of aromatic nitrogens is 2. The van der Waals surface area contributed by atoms with Crippen molar-refractivity contribution in [1.82, 2.24) is 10.2 Å². The average molecular weight is 330 g/mol. The first-order valence-corrected chi connectivity index (χ1v) is 8.47. The molecule has 0 spiro atoms. The number of benzene rings is 1. The number of sulfonamides is 1. The summed E-state index contributed by atoms with van der Waals surface area (Å²) < 4.78 is 39.8. The van der Waals surface area contributed by atoms with Gasteiger partial charge in [-0.2, -0.15) is 0 Å². The van der Waals surface area contributed by atoms with E-state index < -0.39 is 15.8 Å². The van der Waals surface area contributed by atoms with Crippen LogP contribution in [0, 0.1) is 11.7 Å². The number of nitrogens with zero attached hydrogens (tertiary/aromatic N) is 2. The van der Waals surface area contributed by atoms with E-state index in [2.05, 4.69) is 14.9 Å². The first-order chi connectivity index (χ1) is 9.76. The molecule has 6 nitrogen and oxygen atoms in total. The number of anilines is 2. The summed E-state index contributed by atoms with van der Waals surface area (Å²) in [5.41, 5.74) is 5.49. The second-order valence-electron chi connectivity index (χ2n) is 4.92. The molecule has 2 aromatic rings. The number of hydrogen-bond donors (Lipinski definition) is 2. The monoisotopic (exact) mass is 330 g/mol. The maximum atomic E-state index is 13.2. The van der Waals surface area contributed by atoms with E-state index in [1.807, 2.05) is 13.8 Å². The molecule has 1 aromatic carbocycles. The summed E-state index contributed by atoms with van der Waals surface area (Å²) in [5.74, 6) is -0.321. The third-order valence-electron chi connectivity index (χ3n) is 2.48.